The van der Waals surface area contributed by atoms with Crippen LogP contribution in [0.3, 0.4) is 0 Å². The van der Waals surface area contributed by atoms with Crippen LogP contribution in [0.4, 0.5) is 4.79 Å². The van der Waals surface area contributed by atoms with E-state index in [0.717, 1.165) is 25.7 Å². The Kier molecular flexibility index (Phi) is 10.7. The number of aromatic nitrogens is 1. The van der Waals surface area contributed by atoms with E-state index in [1.807, 2.05) is 26.8 Å². The standard InChI is InChI=1S/C39H53N5O9S/c1-6-24-22-39(24,35(49)43-54(51,52)38(5)18-19-38)42-33(47)28-17-12-20-44(28)34(48)31(37(2,3)4)41-36(50)53-29-21-23(29)13-8-7-9-15-26-30(45)25-14-10-11-16-27(25)40-32(26)46/h6,10-11,14,16,23-24,28-29,31H,1,7-9,12-13,15,17-22H2,2-5H3,(H,41,50)(H,42,47)(H,43,49)(H2,40,45,46)/t23-,24-,28+,29?,31-,39-/m1/s1. The van der Waals surface area contributed by atoms with E-state index in [1.165, 1.54) is 11.0 Å². The van der Waals surface area contributed by atoms with Crippen molar-refractivity contribution in [3.8, 4) is 5.75 Å². The minimum absolute atomic E-state index is 0.0254. The van der Waals surface area contributed by atoms with Gasteiger partial charge in [-0.15, -0.1) is 6.58 Å². The Labute approximate surface area is 315 Å². The van der Waals surface area contributed by atoms with Gasteiger partial charge in [-0.25, -0.2) is 13.2 Å². The second-order valence-electron chi connectivity index (χ2n) is 16.9. The summed E-state index contributed by atoms with van der Waals surface area (Å²) in [5.41, 5.74) is -1.51. The lowest BCUT2D eigenvalue weighted by Crippen LogP contribution is -2.60. The second kappa shape index (κ2) is 14.7. The van der Waals surface area contributed by atoms with E-state index in [-0.39, 0.29) is 36.3 Å². The lowest BCUT2D eigenvalue weighted by molar-refractivity contribution is -0.142. The number of sulfonamides is 1. The number of aromatic amines is 1. The fourth-order valence-corrected chi connectivity index (χ4v) is 8.89. The van der Waals surface area contributed by atoms with Crippen molar-refractivity contribution in [2.45, 2.75) is 127 Å². The Bertz CT molecular complexity index is 2000. The Morgan fingerprint density at radius 1 is 1.15 bits per heavy atom. The molecule has 1 unspecified atom stereocenters. The number of nitrogens with one attached hydrogen (secondary N) is 4. The molecule has 3 saturated carbocycles. The highest BCUT2D eigenvalue weighted by atomic mass is 32.2. The molecule has 14 nitrogen and oxygen atoms in total. The molecule has 6 atom stereocenters. The normalized spacial score (nSPS) is 26.0. The Morgan fingerprint density at radius 2 is 1.87 bits per heavy atom. The lowest BCUT2D eigenvalue weighted by Gasteiger charge is -2.35. The van der Waals surface area contributed by atoms with E-state index >= 15 is 0 Å². The van der Waals surface area contributed by atoms with Crippen LogP contribution in [0.5, 0.6) is 5.75 Å². The minimum atomic E-state index is -3.93. The van der Waals surface area contributed by atoms with Crippen LogP contribution in [0.15, 0.2) is 41.7 Å². The van der Waals surface area contributed by atoms with Crippen molar-refractivity contribution in [3.63, 3.8) is 0 Å². The molecule has 2 heterocycles. The Morgan fingerprint density at radius 3 is 2.54 bits per heavy atom. The number of pyridine rings is 1. The molecule has 15 heteroatoms. The zero-order chi connectivity index (χ0) is 39.2. The molecule has 1 aromatic heterocycles. The number of carbonyl (C=O) groups is 4. The van der Waals surface area contributed by atoms with Crippen molar-refractivity contribution in [3.05, 3.63) is 52.8 Å². The molecular weight excluding hydrogens is 715 g/mol. The molecule has 4 amide bonds. The third kappa shape index (κ3) is 8.01. The lowest BCUT2D eigenvalue weighted by atomic mass is 9.85. The SMILES string of the molecule is C=C[C@@H]1C[C@]1(NC(=O)[C@@H]1CCCN1C(=O)[C@@H](NC(=O)OC1C[C@H]1CCCCCc1c(O)c2ccccc2[nH]c1=O)C(C)(C)C)C(=O)NS(=O)(=O)C1(C)CC1. The maximum atomic E-state index is 14.0. The van der Waals surface area contributed by atoms with Crippen molar-refractivity contribution in [1.29, 1.82) is 0 Å². The van der Waals surface area contributed by atoms with Gasteiger partial charge in [0.05, 0.1) is 15.8 Å². The van der Waals surface area contributed by atoms with Gasteiger partial charge in [0.1, 0.15) is 29.5 Å². The topological polar surface area (TPSA) is 204 Å². The van der Waals surface area contributed by atoms with Crippen LogP contribution in [0, 0.1) is 17.3 Å². The number of amides is 4. The van der Waals surface area contributed by atoms with Crippen LogP contribution >= 0.6 is 0 Å². The summed E-state index contributed by atoms with van der Waals surface area (Å²) in [5.74, 6) is -2.06. The maximum absolute atomic E-state index is 14.0. The van der Waals surface area contributed by atoms with Gasteiger partial charge in [0.15, 0.2) is 0 Å². The number of para-hydroxylation sites is 1. The minimum Gasteiger partial charge on any atom is -0.507 e. The number of nitrogens with zero attached hydrogens (tertiary/aromatic N) is 1. The highest BCUT2D eigenvalue weighted by Gasteiger charge is 2.62. The van der Waals surface area contributed by atoms with Crippen molar-refractivity contribution in [2.24, 2.45) is 17.3 Å². The molecule has 1 aliphatic heterocycles. The summed E-state index contributed by atoms with van der Waals surface area (Å²) < 4.78 is 32.5. The monoisotopic (exact) mass is 767 g/mol. The number of rotatable bonds is 15. The summed E-state index contributed by atoms with van der Waals surface area (Å²) in [6.45, 7) is 11.0. The molecule has 1 aromatic carbocycles. The number of carbonyl (C=O) groups excluding carboxylic acids is 4. The van der Waals surface area contributed by atoms with Gasteiger partial charge < -0.3 is 30.4 Å². The number of hydrogen-bond donors (Lipinski definition) is 5. The molecule has 6 rings (SSSR count). The van der Waals surface area contributed by atoms with Gasteiger partial charge in [-0.3, -0.25) is 23.9 Å². The van der Waals surface area contributed by atoms with E-state index < -0.39 is 67.5 Å². The number of ether oxygens (including phenoxy) is 1. The molecule has 3 aliphatic carbocycles. The van der Waals surface area contributed by atoms with Crippen LogP contribution < -0.4 is 20.9 Å². The van der Waals surface area contributed by atoms with Gasteiger partial charge in [-0.05, 0) is 88.2 Å². The Balaban J connectivity index is 0.983. The van der Waals surface area contributed by atoms with Gasteiger partial charge in [-0.2, -0.15) is 0 Å². The number of hydrogen-bond acceptors (Lipinski definition) is 9. The van der Waals surface area contributed by atoms with Crippen LogP contribution in [0.2, 0.25) is 0 Å². The second-order valence-corrected chi connectivity index (χ2v) is 19.1. The fourth-order valence-electron chi connectivity index (χ4n) is 7.58. The van der Waals surface area contributed by atoms with Gasteiger partial charge in [0.25, 0.3) is 11.5 Å². The van der Waals surface area contributed by atoms with E-state index in [1.54, 1.807) is 25.1 Å². The first-order valence-corrected chi connectivity index (χ1v) is 20.5. The van der Waals surface area contributed by atoms with Gasteiger partial charge >= 0.3 is 6.09 Å². The highest BCUT2D eigenvalue weighted by Crippen LogP contribution is 2.47. The number of fused-ring (bicyclic) bond motifs is 1. The van der Waals surface area contributed by atoms with Crippen molar-refractivity contribution < 1.29 is 37.4 Å². The molecular formula is C39H53N5O9S. The third-order valence-corrected chi connectivity index (χ3v) is 13.9. The summed E-state index contributed by atoms with van der Waals surface area (Å²) in [6, 6.07) is 5.22. The summed E-state index contributed by atoms with van der Waals surface area (Å²) in [6.07, 6.45) is 6.92. The Hall–Kier alpha value is -4.40. The van der Waals surface area contributed by atoms with E-state index in [4.69, 9.17) is 4.74 Å². The van der Waals surface area contributed by atoms with Crippen molar-refractivity contribution in [2.75, 3.05) is 6.54 Å². The molecule has 1 saturated heterocycles. The number of unbranched alkanes of at least 4 members (excludes halogenated alkanes) is 2. The quantitative estimate of drug-likeness (QED) is 0.132. The van der Waals surface area contributed by atoms with Gasteiger partial charge in [0.2, 0.25) is 21.8 Å². The molecule has 294 valence electrons. The smallest absolute Gasteiger partial charge is 0.408 e. The largest absolute Gasteiger partial charge is 0.507 e. The molecule has 54 heavy (non-hydrogen) atoms. The average molecular weight is 768 g/mol. The molecule has 0 spiro atoms. The van der Waals surface area contributed by atoms with Gasteiger partial charge in [-0.1, -0.05) is 51.8 Å². The van der Waals surface area contributed by atoms with Crippen LogP contribution in [-0.2, 0) is 35.6 Å². The molecule has 4 fully saturated rings. The first-order chi connectivity index (χ1) is 25.4. The van der Waals surface area contributed by atoms with Gasteiger partial charge in [0, 0.05) is 17.8 Å². The summed E-state index contributed by atoms with van der Waals surface area (Å²) in [5, 5.41) is 16.8. The van der Waals surface area contributed by atoms with E-state index in [0.29, 0.717) is 55.0 Å². The summed E-state index contributed by atoms with van der Waals surface area (Å²) >= 11 is 0. The average Bonchev–Trinajstić information content (AvgIpc) is 4.07. The number of aromatic hydroxyl groups is 1. The van der Waals surface area contributed by atoms with Crippen LogP contribution in [0.1, 0.15) is 97.5 Å². The first-order valence-electron chi connectivity index (χ1n) is 19.0. The van der Waals surface area contributed by atoms with Crippen LogP contribution in [-0.4, -0.2) is 82.2 Å². The fraction of sp³-hybridized carbons (Fsp3) is 0.615. The number of alkyl carbamates (subject to hydrolysis) is 1. The summed E-state index contributed by atoms with van der Waals surface area (Å²) in [4.78, 5) is 70.9. The number of benzene rings is 1. The van der Waals surface area contributed by atoms with E-state index in [2.05, 4.69) is 26.9 Å². The summed E-state index contributed by atoms with van der Waals surface area (Å²) in [7, 11) is -3.93. The predicted molar refractivity (Wildman–Crippen MR) is 202 cm³/mol. The zero-order valence-electron chi connectivity index (χ0n) is 31.5. The van der Waals surface area contributed by atoms with Crippen LogP contribution in [0.25, 0.3) is 10.9 Å². The van der Waals surface area contributed by atoms with Crippen molar-refractivity contribution >= 4 is 44.7 Å². The molecule has 0 radical (unpaired) electrons. The molecule has 4 aliphatic rings. The van der Waals surface area contributed by atoms with E-state index in [9.17, 15) is 37.5 Å². The molecule has 5 N–H and O–H groups in total. The first kappa shape index (κ1) is 39.3. The molecule has 0 bridgehead atoms. The third-order valence-electron chi connectivity index (χ3n) is 11.7. The number of H-pyrrole nitrogens is 1. The molecule has 2 aromatic rings. The van der Waals surface area contributed by atoms with Crippen molar-refractivity contribution in [1.82, 2.24) is 25.2 Å². The number of likely N-dealkylation sites (tertiary alicyclic amines) is 1. The zero-order valence-corrected chi connectivity index (χ0v) is 32.4. The predicted octanol–water partition coefficient (Wildman–Crippen LogP) is 3.92. The highest BCUT2D eigenvalue weighted by molar-refractivity contribution is 7.91. The maximum Gasteiger partial charge on any atom is 0.408 e.